The number of aryl methyl sites for hydroxylation is 1. The molecule has 3 rings (SSSR count). The first-order valence-electron chi connectivity index (χ1n) is 8.88. The molecular weight excluding hydrogens is 312 g/mol. The number of anilines is 1. The Balaban J connectivity index is 1.63. The lowest BCUT2D eigenvalue weighted by Gasteiger charge is -2.34. The average Bonchev–Trinajstić information content (AvgIpc) is 2.63. The lowest BCUT2D eigenvalue weighted by molar-refractivity contribution is -0.131. The van der Waals surface area contributed by atoms with Crippen LogP contribution in [0.15, 0.2) is 48.5 Å². The number of ether oxygens (including phenoxy) is 1. The van der Waals surface area contributed by atoms with Gasteiger partial charge in [-0.05, 0) is 43.0 Å². The van der Waals surface area contributed by atoms with Crippen LogP contribution in [0.25, 0.3) is 0 Å². The fourth-order valence-corrected chi connectivity index (χ4v) is 3.36. The minimum Gasteiger partial charge on any atom is -0.495 e. The molecule has 1 N–H and O–H groups in total. The van der Waals surface area contributed by atoms with Gasteiger partial charge in [-0.2, -0.15) is 0 Å². The number of likely N-dealkylation sites (tertiary alicyclic amines) is 1. The lowest BCUT2D eigenvalue weighted by atomic mass is 10.0. The summed E-state index contributed by atoms with van der Waals surface area (Å²) >= 11 is 0. The minimum absolute atomic E-state index is 0.203. The van der Waals surface area contributed by atoms with E-state index < -0.39 is 0 Å². The van der Waals surface area contributed by atoms with E-state index in [1.54, 1.807) is 7.11 Å². The number of methoxy groups -OCH3 is 1. The summed E-state index contributed by atoms with van der Waals surface area (Å²) < 4.78 is 5.45. The molecule has 132 valence electrons. The highest BCUT2D eigenvalue weighted by Gasteiger charge is 2.24. The zero-order chi connectivity index (χ0) is 17.6. The molecule has 1 unspecified atom stereocenters. The van der Waals surface area contributed by atoms with Gasteiger partial charge in [-0.25, -0.2) is 0 Å². The van der Waals surface area contributed by atoms with Gasteiger partial charge in [0.05, 0.1) is 19.2 Å². The van der Waals surface area contributed by atoms with Crippen molar-refractivity contribution >= 4 is 11.6 Å². The second kappa shape index (κ2) is 8.06. The maximum Gasteiger partial charge on any atom is 0.227 e. The van der Waals surface area contributed by atoms with Crippen LogP contribution in [-0.4, -0.2) is 37.0 Å². The van der Waals surface area contributed by atoms with Crippen LogP contribution in [0.5, 0.6) is 5.75 Å². The molecule has 1 aliphatic heterocycles. The summed E-state index contributed by atoms with van der Waals surface area (Å²) in [6.45, 7) is 3.65. The van der Waals surface area contributed by atoms with Crippen molar-refractivity contribution < 1.29 is 9.53 Å². The molecule has 0 saturated carbocycles. The third-order valence-corrected chi connectivity index (χ3v) is 4.69. The summed E-state index contributed by atoms with van der Waals surface area (Å²) in [4.78, 5) is 14.6. The first kappa shape index (κ1) is 17.3. The average molecular weight is 338 g/mol. The molecule has 1 atom stereocenters. The first-order valence-corrected chi connectivity index (χ1v) is 8.88. The summed E-state index contributed by atoms with van der Waals surface area (Å²) in [7, 11) is 1.69. The molecule has 2 aromatic carbocycles. The summed E-state index contributed by atoms with van der Waals surface area (Å²) in [5, 5.41) is 3.57. The highest BCUT2D eigenvalue weighted by atomic mass is 16.5. The summed E-state index contributed by atoms with van der Waals surface area (Å²) in [5.41, 5.74) is 3.27. The topological polar surface area (TPSA) is 41.6 Å². The van der Waals surface area contributed by atoms with Crippen LogP contribution in [-0.2, 0) is 11.2 Å². The van der Waals surface area contributed by atoms with Crippen molar-refractivity contribution in [2.75, 3.05) is 25.5 Å². The van der Waals surface area contributed by atoms with Gasteiger partial charge in [-0.1, -0.05) is 36.4 Å². The first-order chi connectivity index (χ1) is 12.2. The van der Waals surface area contributed by atoms with Gasteiger partial charge in [0.15, 0.2) is 0 Å². The Morgan fingerprint density at radius 3 is 2.80 bits per heavy atom. The number of nitrogens with one attached hydrogen (secondary N) is 1. The number of rotatable bonds is 5. The Morgan fingerprint density at radius 2 is 2.04 bits per heavy atom. The van der Waals surface area contributed by atoms with Gasteiger partial charge < -0.3 is 15.0 Å². The maximum atomic E-state index is 12.6. The van der Waals surface area contributed by atoms with E-state index in [1.807, 2.05) is 47.4 Å². The molecule has 1 fully saturated rings. The lowest BCUT2D eigenvalue weighted by Crippen LogP contribution is -2.45. The van der Waals surface area contributed by atoms with Gasteiger partial charge in [-0.15, -0.1) is 0 Å². The SMILES string of the molecule is COc1ccc(C)cc1NC1CCCN(C(=O)Cc2ccccc2)C1. The third-order valence-electron chi connectivity index (χ3n) is 4.69. The molecule has 1 amide bonds. The highest BCUT2D eigenvalue weighted by Crippen LogP contribution is 2.27. The van der Waals surface area contributed by atoms with Crippen LogP contribution in [0.3, 0.4) is 0 Å². The molecular formula is C21H26N2O2. The van der Waals surface area contributed by atoms with Crippen molar-refractivity contribution in [3.05, 3.63) is 59.7 Å². The third kappa shape index (κ3) is 4.53. The Morgan fingerprint density at radius 1 is 1.24 bits per heavy atom. The Bertz CT molecular complexity index is 715. The number of benzene rings is 2. The van der Waals surface area contributed by atoms with E-state index in [1.165, 1.54) is 5.56 Å². The summed E-state index contributed by atoms with van der Waals surface area (Å²) in [6, 6.07) is 16.3. The van der Waals surface area contributed by atoms with Crippen molar-refractivity contribution in [2.24, 2.45) is 0 Å². The van der Waals surface area contributed by atoms with E-state index in [9.17, 15) is 4.79 Å². The molecule has 1 saturated heterocycles. The summed E-state index contributed by atoms with van der Waals surface area (Å²) in [5.74, 6) is 1.05. The van der Waals surface area contributed by atoms with Crippen molar-refractivity contribution in [2.45, 2.75) is 32.2 Å². The van der Waals surface area contributed by atoms with Crippen LogP contribution < -0.4 is 10.1 Å². The molecule has 1 heterocycles. The molecule has 4 heteroatoms. The Kier molecular flexibility index (Phi) is 5.59. The number of hydrogen-bond donors (Lipinski definition) is 1. The van der Waals surface area contributed by atoms with E-state index in [0.29, 0.717) is 6.42 Å². The fourth-order valence-electron chi connectivity index (χ4n) is 3.36. The Labute approximate surface area is 149 Å². The van der Waals surface area contributed by atoms with E-state index >= 15 is 0 Å². The zero-order valence-electron chi connectivity index (χ0n) is 15.0. The molecule has 2 aromatic rings. The number of amides is 1. The van der Waals surface area contributed by atoms with Crippen LogP contribution in [0.4, 0.5) is 5.69 Å². The molecule has 1 aliphatic rings. The molecule has 0 spiro atoms. The molecule has 4 nitrogen and oxygen atoms in total. The smallest absolute Gasteiger partial charge is 0.227 e. The van der Waals surface area contributed by atoms with Gasteiger partial charge in [0.2, 0.25) is 5.91 Å². The van der Waals surface area contributed by atoms with Crippen molar-refractivity contribution in [1.82, 2.24) is 4.90 Å². The van der Waals surface area contributed by atoms with Gasteiger partial charge in [0.1, 0.15) is 5.75 Å². The van der Waals surface area contributed by atoms with Crippen LogP contribution in [0, 0.1) is 6.92 Å². The fraction of sp³-hybridized carbons (Fsp3) is 0.381. The van der Waals surface area contributed by atoms with Crippen LogP contribution in [0.2, 0.25) is 0 Å². The maximum absolute atomic E-state index is 12.6. The predicted octanol–water partition coefficient (Wildman–Crippen LogP) is 3.65. The van der Waals surface area contributed by atoms with Crippen molar-refractivity contribution in [1.29, 1.82) is 0 Å². The second-order valence-electron chi connectivity index (χ2n) is 6.69. The normalized spacial score (nSPS) is 17.2. The molecule has 0 radical (unpaired) electrons. The standard InChI is InChI=1S/C21H26N2O2/c1-16-10-11-20(25-2)19(13-16)22-18-9-6-12-23(15-18)21(24)14-17-7-4-3-5-8-17/h3-5,7-8,10-11,13,18,22H,6,9,12,14-15H2,1-2H3. The second-order valence-corrected chi connectivity index (χ2v) is 6.69. The highest BCUT2D eigenvalue weighted by molar-refractivity contribution is 5.79. The van der Waals surface area contributed by atoms with Gasteiger partial charge >= 0.3 is 0 Å². The minimum atomic E-state index is 0.203. The quantitative estimate of drug-likeness (QED) is 0.905. The largest absolute Gasteiger partial charge is 0.495 e. The number of nitrogens with zero attached hydrogens (tertiary/aromatic N) is 1. The molecule has 0 bridgehead atoms. The van der Waals surface area contributed by atoms with Crippen LogP contribution >= 0.6 is 0 Å². The number of carbonyl (C=O) groups excluding carboxylic acids is 1. The van der Waals surface area contributed by atoms with E-state index in [-0.39, 0.29) is 11.9 Å². The van der Waals surface area contributed by atoms with E-state index in [2.05, 4.69) is 18.3 Å². The van der Waals surface area contributed by atoms with Crippen molar-refractivity contribution in [3.8, 4) is 5.75 Å². The van der Waals surface area contributed by atoms with Gasteiger partial charge in [0.25, 0.3) is 0 Å². The number of hydrogen-bond acceptors (Lipinski definition) is 3. The predicted molar refractivity (Wildman–Crippen MR) is 101 cm³/mol. The van der Waals surface area contributed by atoms with Gasteiger partial charge in [-0.3, -0.25) is 4.79 Å². The van der Waals surface area contributed by atoms with Gasteiger partial charge in [0, 0.05) is 19.1 Å². The number of carbonyl (C=O) groups is 1. The summed E-state index contributed by atoms with van der Waals surface area (Å²) in [6.07, 6.45) is 2.56. The zero-order valence-corrected chi connectivity index (χ0v) is 15.0. The number of piperidine rings is 1. The molecule has 25 heavy (non-hydrogen) atoms. The molecule has 0 aliphatic carbocycles. The monoisotopic (exact) mass is 338 g/mol. The van der Waals surface area contributed by atoms with Crippen molar-refractivity contribution in [3.63, 3.8) is 0 Å². The van der Waals surface area contributed by atoms with E-state index in [0.717, 1.165) is 42.9 Å². The van der Waals surface area contributed by atoms with Crippen LogP contribution in [0.1, 0.15) is 24.0 Å². The van der Waals surface area contributed by atoms with E-state index in [4.69, 9.17) is 4.74 Å². The Hall–Kier alpha value is -2.49. The molecule has 0 aromatic heterocycles.